The Morgan fingerprint density at radius 2 is 2.18 bits per heavy atom. The van der Waals surface area contributed by atoms with Crippen LogP contribution in [0.1, 0.15) is 11.1 Å². The van der Waals surface area contributed by atoms with Crippen molar-refractivity contribution in [2.45, 2.75) is 5.75 Å². The molecule has 1 aromatic rings. The number of aliphatic hydroxyl groups is 2. The number of hydrogen-bond acceptors (Lipinski definition) is 4. The molecule has 0 aliphatic rings. The molecule has 0 heterocycles. The van der Waals surface area contributed by atoms with Gasteiger partial charge in [-0.05, 0) is 17.7 Å². The average molecular weight is 252 g/mol. The molecular weight excluding hydrogens is 236 g/mol. The van der Waals surface area contributed by atoms with E-state index in [0.29, 0.717) is 5.75 Å². The largest absolute Gasteiger partial charge is 0.495 e. The molecule has 0 saturated carbocycles. The molecule has 0 bridgehead atoms. The van der Waals surface area contributed by atoms with Crippen LogP contribution in [0.25, 0.3) is 0 Å². The van der Waals surface area contributed by atoms with Crippen molar-refractivity contribution in [3.8, 4) is 17.6 Å². The summed E-state index contributed by atoms with van der Waals surface area (Å²) < 4.78 is 5.19. The summed E-state index contributed by atoms with van der Waals surface area (Å²) in [6.07, 6.45) is 0. The maximum Gasteiger partial charge on any atom is 0.134 e. The van der Waals surface area contributed by atoms with Gasteiger partial charge in [0, 0.05) is 11.5 Å². The topological polar surface area (TPSA) is 49.7 Å². The lowest BCUT2D eigenvalue weighted by atomic mass is 10.1. The van der Waals surface area contributed by atoms with Crippen LogP contribution in [0.5, 0.6) is 5.75 Å². The lowest BCUT2D eigenvalue weighted by molar-refractivity contribution is 0.322. The number of rotatable bonds is 5. The van der Waals surface area contributed by atoms with Crippen LogP contribution in [0, 0.1) is 11.8 Å². The van der Waals surface area contributed by atoms with Gasteiger partial charge < -0.3 is 14.9 Å². The lowest BCUT2D eigenvalue weighted by Gasteiger charge is -2.06. The second-order valence-electron chi connectivity index (χ2n) is 3.27. The molecule has 0 spiro atoms. The van der Waals surface area contributed by atoms with Crippen molar-refractivity contribution in [1.29, 1.82) is 0 Å². The van der Waals surface area contributed by atoms with E-state index in [-0.39, 0.29) is 13.2 Å². The van der Waals surface area contributed by atoms with Gasteiger partial charge in [0.25, 0.3) is 0 Å². The van der Waals surface area contributed by atoms with Gasteiger partial charge >= 0.3 is 0 Å². The van der Waals surface area contributed by atoms with E-state index in [2.05, 4.69) is 11.8 Å². The molecular formula is C13H16O3S. The van der Waals surface area contributed by atoms with Gasteiger partial charge in [-0.2, -0.15) is 11.8 Å². The van der Waals surface area contributed by atoms with Crippen LogP contribution in [0.3, 0.4) is 0 Å². The molecule has 0 amide bonds. The van der Waals surface area contributed by atoms with Crippen molar-refractivity contribution in [3.63, 3.8) is 0 Å². The average Bonchev–Trinajstić information content (AvgIpc) is 2.37. The molecule has 4 heteroatoms. The monoisotopic (exact) mass is 252 g/mol. The Kier molecular flexibility index (Phi) is 6.56. The Bertz CT molecular complexity index is 407. The molecule has 1 aromatic carbocycles. The first-order chi connectivity index (χ1) is 8.31. The highest BCUT2D eigenvalue weighted by molar-refractivity contribution is 7.98. The molecule has 17 heavy (non-hydrogen) atoms. The van der Waals surface area contributed by atoms with Gasteiger partial charge in [0.1, 0.15) is 12.4 Å². The highest BCUT2D eigenvalue weighted by atomic mass is 32.2. The summed E-state index contributed by atoms with van der Waals surface area (Å²) in [5, 5.41) is 17.4. The second kappa shape index (κ2) is 8.02. The van der Waals surface area contributed by atoms with Crippen LogP contribution < -0.4 is 4.74 Å². The molecule has 0 unspecified atom stereocenters. The molecule has 92 valence electrons. The van der Waals surface area contributed by atoms with Gasteiger partial charge in [-0.15, -0.1) is 0 Å². The standard InChI is InChI=1S/C13H16O3S/c1-16-13-5-4-11(10-17-8-7-15)9-12(13)3-2-6-14/h4-5,9,14-15H,6-8,10H2,1H3. The van der Waals surface area contributed by atoms with Gasteiger partial charge in [-0.25, -0.2) is 0 Å². The second-order valence-corrected chi connectivity index (χ2v) is 4.38. The van der Waals surface area contributed by atoms with Crippen molar-refractivity contribution in [2.75, 3.05) is 26.1 Å². The first-order valence-electron chi connectivity index (χ1n) is 5.27. The summed E-state index contributed by atoms with van der Waals surface area (Å²) in [6, 6.07) is 5.80. The Morgan fingerprint density at radius 3 is 2.82 bits per heavy atom. The molecule has 0 saturated heterocycles. The first-order valence-corrected chi connectivity index (χ1v) is 6.42. The van der Waals surface area contributed by atoms with Gasteiger partial charge in [0.05, 0.1) is 19.3 Å². The van der Waals surface area contributed by atoms with Gasteiger partial charge in [-0.3, -0.25) is 0 Å². The van der Waals surface area contributed by atoms with Crippen LogP contribution in [0.2, 0.25) is 0 Å². The van der Waals surface area contributed by atoms with E-state index in [9.17, 15) is 0 Å². The summed E-state index contributed by atoms with van der Waals surface area (Å²) >= 11 is 1.66. The van der Waals surface area contributed by atoms with E-state index in [4.69, 9.17) is 14.9 Å². The number of methoxy groups -OCH3 is 1. The van der Waals surface area contributed by atoms with Crippen molar-refractivity contribution >= 4 is 11.8 Å². The van der Waals surface area contributed by atoms with Crippen molar-refractivity contribution in [2.24, 2.45) is 0 Å². The van der Waals surface area contributed by atoms with E-state index < -0.39 is 0 Å². The number of aliphatic hydroxyl groups excluding tert-OH is 2. The van der Waals surface area contributed by atoms with Crippen molar-refractivity contribution in [3.05, 3.63) is 29.3 Å². The zero-order valence-electron chi connectivity index (χ0n) is 9.77. The fraction of sp³-hybridized carbons (Fsp3) is 0.385. The van der Waals surface area contributed by atoms with Crippen LogP contribution in [-0.2, 0) is 5.75 Å². The highest BCUT2D eigenvalue weighted by Crippen LogP contribution is 2.21. The molecule has 0 aliphatic carbocycles. The summed E-state index contributed by atoms with van der Waals surface area (Å²) in [4.78, 5) is 0. The minimum atomic E-state index is -0.160. The van der Waals surface area contributed by atoms with Crippen LogP contribution in [0.15, 0.2) is 18.2 Å². The Labute approximate surface area is 106 Å². The van der Waals surface area contributed by atoms with E-state index in [0.717, 1.165) is 22.6 Å². The van der Waals surface area contributed by atoms with Gasteiger partial charge in [0.15, 0.2) is 0 Å². The Hall–Kier alpha value is -1.15. The molecule has 0 atom stereocenters. The van der Waals surface area contributed by atoms with Crippen LogP contribution in [-0.4, -0.2) is 36.3 Å². The van der Waals surface area contributed by atoms with Crippen LogP contribution in [0.4, 0.5) is 0 Å². The predicted molar refractivity (Wildman–Crippen MR) is 70.2 cm³/mol. The molecule has 2 N–H and O–H groups in total. The molecule has 0 aliphatic heterocycles. The maximum absolute atomic E-state index is 8.71. The van der Waals surface area contributed by atoms with Crippen molar-refractivity contribution < 1.29 is 14.9 Å². The molecule has 0 aromatic heterocycles. The molecule has 3 nitrogen and oxygen atoms in total. The smallest absolute Gasteiger partial charge is 0.134 e. The Balaban J connectivity index is 2.81. The third-order valence-corrected chi connectivity index (χ3v) is 3.08. The van der Waals surface area contributed by atoms with Gasteiger partial charge in [0.2, 0.25) is 0 Å². The third kappa shape index (κ3) is 4.70. The summed E-state index contributed by atoms with van der Waals surface area (Å²) in [6.45, 7) is 0.0324. The zero-order chi connectivity index (χ0) is 12.5. The maximum atomic E-state index is 8.71. The van der Waals surface area contributed by atoms with E-state index in [1.54, 1.807) is 18.9 Å². The summed E-state index contributed by atoms with van der Waals surface area (Å²) in [5.41, 5.74) is 1.91. The minimum Gasteiger partial charge on any atom is -0.495 e. The number of benzene rings is 1. The van der Waals surface area contributed by atoms with Crippen molar-refractivity contribution in [1.82, 2.24) is 0 Å². The quantitative estimate of drug-likeness (QED) is 0.612. The minimum absolute atomic E-state index is 0.160. The number of thioether (sulfide) groups is 1. The molecule has 0 fully saturated rings. The molecule has 1 rings (SSSR count). The summed E-state index contributed by atoms with van der Waals surface area (Å²) in [7, 11) is 1.60. The lowest BCUT2D eigenvalue weighted by Crippen LogP contribution is -1.92. The van der Waals surface area contributed by atoms with E-state index in [1.807, 2.05) is 18.2 Å². The summed E-state index contributed by atoms with van der Waals surface area (Å²) in [5.74, 6) is 7.74. The predicted octanol–water partition coefficient (Wildman–Crippen LogP) is 1.26. The zero-order valence-corrected chi connectivity index (χ0v) is 10.6. The normalized spacial score (nSPS) is 9.59. The molecule has 0 radical (unpaired) electrons. The van der Waals surface area contributed by atoms with E-state index >= 15 is 0 Å². The van der Waals surface area contributed by atoms with E-state index in [1.165, 1.54) is 0 Å². The first kappa shape index (κ1) is 13.9. The SMILES string of the molecule is COc1ccc(CSCCO)cc1C#CCO. The fourth-order valence-corrected chi connectivity index (χ4v) is 2.02. The Morgan fingerprint density at radius 1 is 1.35 bits per heavy atom. The number of ether oxygens (including phenoxy) is 1. The van der Waals surface area contributed by atoms with Crippen LogP contribution >= 0.6 is 11.8 Å². The van der Waals surface area contributed by atoms with Gasteiger partial charge in [-0.1, -0.05) is 17.9 Å². The fourth-order valence-electron chi connectivity index (χ4n) is 1.33. The third-order valence-electron chi connectivity index (χ3n) is 2.07. The highest BCUT2D eigenvalue weighted by Gasteiger charge is 2.02. The number of hydrogen-bond donors (Lipinski definition) is 2.